The number of ether oxygens (including phenoxy) is 1. The molecule has 0 aliphatic heterocycles. The second-order valence-electron chi connectivity index (χ2n) is 6.03. The van der Waals surface area contributed by atoms with Crippen LogP contribution in [0, 0.1) is 5.41 Å². The van der Waals surface area contributed by atoms with Crippen LogP contribution in [0.15, 0.2) is 22.7 Å². The van der Waals surface area contributed by atoms with Crippen LogP contribution < -0.4 is 10.5 Å². The van der Waals surface area contributed by atoms with Crippen molar-refractivity contribution in [2.45, 2.75) is 38.8 Å². The van der Waals surface area contributed by atoms with Gasteiger partial charge in [-0.3, -0.25) is 4.79 Å². The van der Waals surface area contributed by atoms with Crippen molar-refractivity contribution in [1.29, 1.82) is 0 Å². The first-order valence-corrected chi connectivity index (χ1v) is 8.01. The molecule has 0 saturated heterocycles. The van der Waals surface area contributed by atoms with E-state index < -0.39 is 5.41 Å². The zero-order valence-electron chi connectivity index (χ0n) is 12.9. The number of nitrogens with zero attached hydrogens (tertiary/aromatic N) is 1. The van der Waals surface area contributed by atoms with E-state index in [1.165, 1.54) is 0 Å². The number of amides is 1. The van der Waals surface area contributed by atoms with Crippen LogP contribution in [0.1, 0.15) is 31.7 Å². The van der Waals surface area contributed by atoms with Crippen LogP contribution in [0.4, 0.5) is 0 Å². The molecule has 4 nitrogen and oxygen atoms in total. The van der Waals surface area contributed by atoms with Crippen LogP contribution in [-0.4, -0.2) is 31.0 Å². The molecule has 2 N–H and O–H groups in total. The number of benzene rings is 1. The molecule has 0 aromatic heterocycles. The van der Waals surface area contributed by atoms with Gasteiger partial charge in [-0.2, -0.15) is 0 Å². The molecule has 2 rings (SSSR count). The number of hydrogen-bond acceptors (Lipinski definition) is 3. The first-order chi connectivity index (χ1) is 9.88. The molecule has 1 fully saturated rings. The second kappa shape index (κ2) is 6.36. The maximum atomic E-state index is 12.8. The summed E-state index contributed by atoms with van der Waals surface area (Å²) in [4.78, 5) is 14.5. The highest BCUT2D eigenvalue weighted by Crippen LogP contribution is 2.38. The quantitative estimate of drug-likeness (QED) is 0.904. The van der Waals surface area contributed by atoms with Crippen LogP contribution in [-0.2, 0) is 11.3 Å². The molecule has 1 amide bonds. The Morgan fingerprint density at radius 1 is 1.57 bits per heavy atom. The molecule has 0 radical (unpaired) electrons. The van der Waals surface area contributed by atoms with Crippen molar-refractivity contribution >= 4 is 21.8 Å². The van der Waals surface area contributed by atoms with Gasteiger partial charge in [0, 0.05) is 29.7 Å². The van der Waals surface area contributed by atoms with E-state index in [4.69, 9.17) is 10.5 Å². The van der Waals surface area contributed by atoms with Gasteiger partial charge in [-0.1, -0.05) is 22.4 Å². The van der Waals surface area contributed by atoms with Crippen LogP contribution in [0.3, 0.4) is 0 Å². The Morgan fingerprint density at radius 2 is 2.29 bits per heavy atom. The standard InChI is InChI=1S/C16H23BrN2O2/c1-16(8-4-5-14(16)18)15(20)19(2)10-11-9-12(17)6-7-13(11)21-3/h6-7,9,14H,4-5,8,10,18H2,1-3H3. The van der Waals surface area contributed by atoms with Gasteiger partial charge < -0.3 is 15.4 Å². The van der Waals surface area contributed by atoms with Crippen LogP contribution in [0.5, 0.6) is 5.75 Å². The molecule has 1 saturated carbocycles. The SMILES string of the molecule is COc1ccc(Br)cc1CN(C)C(=O)C1(C)CCCC1N. The minimum atomic E-state index is -0.437. The molecule has 2 atom stereocenters. The fourth-order valence-corrected chi connectivity index (χ4v) is 3.50. The van der Waals surface area contributed by atoms with Gasteiger partial charge in [-0.15, -0.1) is 0 Å². The lowest BCUT2D eigenvalue weighted by Crippen LogP contribution is -2.47. The lowest BCUT2D eigenvalue weighted by atomic mass is 9.83. The van der Waals surface area contributed by atoms with E-state index in [0.29, 0.717) is 6.54 Å². The third-order valence-corrected chi connectivity index (χ3v) is 5.01. The van der Waals surface area contributed by atoms with Crippen LogP contribution in [0.25, 0.3) is 0 Å². The Morgan fingerprint density at radius 3 is 2.86 bits per heavy atom. The van der Waals surface area contributed by atoms with Gasteiger partial charge in [0.25, 0.3) is 0 Å². The average Bonchev–Trinajstić information content (AvgIpc) is 2.79. The molecule has 1 aliphatic rings. The van der Waals surface area contributed by atoms with Crippen molar-refractivity contribution in [1.82, 2.24) is 4.90 Å². The molecular weight excluding hydrogens is 332 g/mol. The predicted molar refractivity (Wildman–Crippen MR) is 87.1 cm³/mol. The fourth-order valence-electron chi connectivity index (χ4n) is 3.09. The lowest BCUT2D eigenvalue weighted by Gasteiger charge is -2.32. The van der Waals surface area contributed by atoms with E-state index in [0.717, 1.165) is 35.0 Å². The van der Waals surface area contributed by atoms with Crippen LogP contribution >= 0.6 is 15.9 Å². The summed E-state index contributed by atoms with van der Waals surface area (Å²) in [5.74, 6) is 0.910. The van der Waals surface area contributed by atoms with Gasteiger partial charge in [-0.25, -0.2) is 0 Å². The molecule has 21 heavy (non-hydrogen) atoms. The fraction of sp³-hybridized carbons (Fsp3) is 0.562. The Bertz CT molecular complexity index is 535. The van der Waals surface area contributed by atoms with Gasteiger partial charge in [0.2, 0.25) is 5.91 Å². The molecule has 0 heterocycles. The average molecular weight is 355 g/mol. The Kier molecular flexibility index (Phi) is 4.94. The molecule has 5 heteroatoms. The first kappa shape index (κ1) is 16.3. The van der Waals surface area contributed by atoms with E-state index in [9.17, 15) is 4.79 Å². The van der Waals surface area contributed by atoms with Crippen molar-refractivity contribution < 1.29 is 9.53 Å². The zero-order chi connectivity index (χ0) is 15.6. The number of halogens is 1. The van der Waals surface area contributed by atoms with E-state index in [1.807, 2.05) is 32.2 Å². The molecule has 2 unspecified atom stereocenters. The molecule has 0 spiro atoms. The predicted octanol–water partition coefficient (Wildman–Crippen LogP) is 2.93. The van der Waals surface area contributed by atoms with Crippen molar-refractivity contribution in [2.75, 3.05) is 14.2 Å². The van der Waals surface area contributed by atoms with Gasteiger partial charge in [0.1, 0.15) is 5.75 Å². The van der Waals surface area contributed by atoms with Gasteiger partial charge in [0.15, 0.2) is 0 Å². The number of hydrogen-bond donors (Lipinski definition) is 1. The molecule has 116 valence electrons. The van der Waals surface area contributed by atoms with E-state index in [1.54, 1.807) is 12.0 Å². The van der Waals surface area contributed by atoms with Crippen molar-refractivity contribution in [2.24, 2.45) is 11.1 Å². The number of carbonyl (C=O) groups excluding carboxylic acids is 1. The Balaban J connectivity index is 2.16. The topological polar surface area (TPSA) is 55.6 Å². The number of nitrogens with two attached hydrogens (primary N) is 1. The lowest BCUT2D eigenvalue weighted by molar-refractivity contribution is -0.140. The minimum absolute atomic E-state index is 0.0446. The molecule has 1 aliphatic carbocycles. The van der Waals surface area contributed by atoms with Crippen molar-refractivity contribution in [3.8, 4) is 5.75 Å². The van der Waals surface area contributed by atoms with Crippen molar-refractivity contribution in [3.05, 3.63) is 28.2 Å². The summed E-state index contributed by atoms with van der Waals surface area (Å²) >= 11 is 3.46. The molecule has 1 aromatic carbocycles. The van der Waals surface area contributed by atoms with E-state index in [2.05, 4.69) is 15.9 Å². The Labute approximate surface area is 134 Å². The van der Waals surface area contributed by atoms with E-state index >= 15 is 0 Å². The normalized spacial score (nSPS) is 24.9. The summed E-state index contributed by atoms with van der Waals surface area (Å²) in [6, 6.07) is 5.77. The highest BCUT2D eigenvalue weighted by Gasteiger charge is 2.44. The summed E-state index contributed by atoms with van der Waals surface area (Å²) in [6.07, 6.45) is 2.82. The highest BCUT2D eigenvalue weighted by molar-refractivity contribution is 9.10. The summed E-state index contributed by atoms with van der Waals surface area (Å²) in [6.45, 7) is 2.51. The first-order valence-electron chi connectivity index (χ1n) is 7.22. The Hall–Kier alpha value is -1.07. The number of methoxy groups -OCH3 is 1. The summed E-state index contributed by atoms with van der Waals surface area (Å²) in [5.41, 5.74) is 6.69. The number of carbonyl (C=O) groups is 1. The third-order valence-electron chi connectivity index (χ3n) is 4.51. The minimum Gasteiger partial charge on any atom is -0.496 e. The number of rotatable bonds is 4. The largest absolute Gasteiger partial charge is 0.496 e. The van der Waals surface area contributed by atoms with Gasteiger partial charge in [-0.05, 0) is 38.0 Å². The van der Waals surface area contributed by atoms with Gasteiger partial charge >= 0.3 is 0 Å². The zero-order valence-corrected chi connectivity index (χ0v) is 14.4. The van der Waals surface area contributed by atoms with Gasteiger partial charge in [0.05, 0.1) is 12.5 Å². The maximum Gasteiger partial charge on any atom is 0.230 e. The third kappa shape index (κ3) is 3.24. The van der Waals surface area contributed by atoms with Crippen molar-refractivity contribution in [3.63, 3.8) is 0 Å². The summed E-state index contributed by atoms with van der Waals surface area (Å²) < 4.78 is 6.34. The molecular formula is C16H23BrN2O2. The molecule has 0 bridgehead atoms. The monoisotopic (exact) mass is 354 g/mol. The summed E-state index contributed by atoms with van der Waals surface area (Å²) in [7, 11) is 3.47. The molecule has 1 aromatic rings. The van der Waals surface area contributed by atoms with Crippen LogP contribution in [0.2, 0.25) is 0 Å². The summed E-state index contributed by atoms with van der Waals surface area (Å²) in [5, 5.41) is 0. The second-order valence-corrected chi connectivity index (χ2v) is 6.95. The highest BCUT2D eigenvalue weighted by atomic mass is 79.9. The maximum absolute atomic E-state index is 12.8. The smallest absolute Gasteiger partial charge is 0.230 e. The van der Waals surface area contributed by atoms with E-state index in [-0.39, 0.29) is 11.9 Å².